The Morgan fingerprint density at radius 1 is 1.17 bits per heavy atom. The van der Waals surface area contributed by atoms with Crippen molar-refractivity contribution in [2.45, 2.75) is 18.9 Å². The van der Waals surface area contributed by atoms with Crippen LogP contribution in [0.4, 0.5) is 10.1 Å². The Labute approximate surface area is 143 Å². The Morgan fingerprint density at radius 3 is 2.75 bits per heavy atom. The van der Waals surface area contributed by atoms with Crippen LogP contribution in [0.1, 0.15) is 11.4 Å². The summed E-state index contributed by atoms with van der Waals surface area (Å²) in [5, 5.41) is 4.24. The van der Waals surface area contributed by atoms with E-state index in [0.29, 0.717) is 5.82 Å². The number of carbonyl (C=O) groups excluding carboxylic acids is 1. The number of amides is 1. The molecule has 122 valence electrons. The molecule has 0 saturated heterocycles. The van der Waals surface area contributed by atoms with Crippen molar-refractivity contribution in [1.29, 1.82) is 0 Å². The molecule has 1 heterocycles. The lowest BCUT2D eigenvalue weighted by Crippen LogP contribution is -2.15. The zero-order valence-electron chi connectivity index (χ0n) is 13.3. The topological polar surface area (TPSA) is 54.9 Å². The number of rotatable bonds is 4. The fraction of sp³-hybridized carbons (Fsp3) is 0.167. The van der Waals surface area contributed by atoms with Gasteiger partial charge in [0.1, 0.15) is 16.7 Å². The van der Waals surface area contributed by atoms with Crippen LogP contribution >= 0.6 is 11.8 Å². The molecule has 6 heteroatoms. The number of nitrogens with one attached hydrogen (secondary N) is 1. The SMILES string of the molecule is Cc1ccc(NC(=O)CSc2nc(C)nc3ccccc23)c(F)c1. The van der Waals surface area contributed by atoms with Crippen molar-refractivity contribution in [3.63, 3.8) is 0 Å². The van der Waals surface area contributed by atoms with Gasteiger partial charge < -0.3 is 5.32 Å². The van der Waals surface area contributed by atoms with E-state index < -0.39 is 5.82 Å². The van der Waals surface area contributed by atoms with E-state index in [1.54, 1.807) is 19.1 Å². The number of thioether (sulfide) groups is 1. The molecule has 0 unspecified atom stereocenters. The van der Waals surface area contributed by atoms with E-state index in [2.05, 4.69) is 15.3 Å². The van der Waals surface area contributed by atoms with Gasteiger partial charge in [0.2, 0.25) is 5.91 Å². The number of anilines is 1. The summed E-state index contributed by atoms with van der Waals surface area (Å²) < 4.78 is 13.8. The Kier molecular flexibility index (Phi) is 4.76. The van der Waals surface area contributed by atoms with Gasteiger partial charge in [-0.3, -0.25) is 4.79 Å². The second-order valence-electron chi connectivity index (χ2n) is 5.41. The third-order valence-corrected chi connectivity index (χ3v) is 4.41. The van der Waals surface area contributed by atoms with Gasteiger partial charge in [-0.2, -0.15) is 0 Å². The molecule has 0 radical (unpaired) electrons. The fourth-order valence-corrected chi connectivity index (χ4v) is 3.17. The van der Waals surface area contributed by atoms with Gasteiger partial charge in [0.05, 0.1) is 17.0 Å². The van der Waals surface area contributed by atoms with Gasteiger partial charge in [-0.15, -0.1) is 0 Å². The van der Waals surface area contributed by atoms with Crippen molar-refractivity contribution in [2.75, 3.05) is 11.1 Å². The first kappa shape index (κ1) is 16.4. The number of nitrogens with zero attached hydrogens (tertiary/aromatic N) is 2. The maximum atomic E-state index is 13.8. The summed E-state index contributed by atoms with van der Waals surface area (Å²) in [6.45, 7) is 3.62. The number of hydrogen-bond donors (Lipinski definition) is 1. The molecule has 0 aliphatic rings. The highest BCUT2D eigenvalue weighted by atomic mass is 32.2. The van der Waals surface area contributed by atoms with Gasteiger partial charge in [-0.1, -0.05) is 36.0 Å². The molecule has 0 bridgehead atoms. The lowest BCUT2D eigenvalue weighted by atomic mass is 10.2. The van der Waals surface area contributed by atoms with Gasteiger partial charge in [0, 0.05) is 5.39 Å². The van der Waals surface area contributed by atoms with Crippen LogP contribution in [0.25, 0.3) is 10.9 Å². The molecular weight excluding hydrogens is 325 g/mol. The normalized spacial score (nSPS) is 10.8. The average molecular weight is 341 g/mol. The van der Waals surface area contributed by atoms with Crippen molar-refractivity contribution < 1.29 is 9.18 Å². The molecule has 3 rings (SSSR count). The third-order valence-electron chi connectivity index (χ3n) is 3.42. The van der Waals surface area contributed by atoms with Crippen molar-refractivity contribution in [2.24, 2.45) is 0 Å². The molecule has 0 aliphatic heterocycles. The number of halogens is 1. The quantitative estimate of drug-likeness (QED) is 0.573. The second kappa shape index (κ2) is 6.97. The summed E-state index contributed by atoms with van der Waals surface area (Å²) in [6, 6.07) is 12.4. The number of fused-ring (bicyclic) bond motifs is 1. The molecule has 0 fully saturated rings. The van der Waals surface area contributed by atoms with Gasteiger partial charge in [-0.25, -0.2) is 14.4 Å². The maximum Gasteiger partial charge on any atom is 0.234 e. The Bertz CT molecular complexity index is 914. The summed E-state index contributed by atoms with van der Waals surface area (Å²) in [4.78, 5) is 20.9. The van der Waals surface area contributed by atoms with E-state index in [4.69, 9.17) is 0 Å². The van der Waals surface area contributed by atoms with Crippen LogP contribution in [0.15, 0.2) is 47.5 Å². The molecule has 3 aromatic rings. The minimum absolute atomic E-state index is 0.147. The van der Waals surface area contributed by atoms with Gasteiger partial charge in [0.25, 0.3) is 0 Å². The molecule has 0 spiro atoms. The minimum Gasteiger partial charge on any atom is -0.323 e. The lowest BCUT2D eigenvalue weighted by molar-refractivity contribution is -0.113. The lowest BCUT2D eigenvalue weighted by Gasteiger charge is -2.08. The molecular formula is C18H16FN3OS. The highest BCUT2D eigenvalue weighted by Crippen LogP contribution is 2.25. The van der Waals surface area contributed by atoms with Crippen molar-refractivity contribution in [3.8, 4) is 0 Å². The van der Waals surface area contributed by atoms with Crippen LogP contribution in [0.5, 0.6) is 0 Å². The average Bonchev–Trinajstić information content (AvgIpc) is 2.55. The standard InChI is InChI=1S/C18H16FN3OS/c1-11-7-8-16(14(19)9-11)22-17(23)10-24-18-13-5-3-4-6-15(13)20-12(2)21-18/h3-9H,10H2,1-2H3,(H,22,23). The predicted octanol–water partition coefficient (Wildman–Crippen LogP) is 4.12. The van der Waals surface area contributed by atoms with Crippen molar-refractivity contribution in [1.82, 2.24) is 9.97 Å². The van der Waals surface area contributed by atoms with E-state index >= 15 is 0 Å². The van der Waals surface area contributed by atoms with E-state index in [1.165, 1.54) is 17.8 Å². The molecule has 2 aromatic carbocycles. The van der Waals surface area contributed by atoms with Crippen molar-refractivity contribution >= 4 is 34.3 Å². The summed E-state index contributed by atoms with van der Waals surface area (Å²) in [6.07, 6.45) is 0. The zero-order chi connectivity index (χ0) is 17.1. The molecule has 24 heavy (non-hydrogen) atoms. The minimum atomic E-state index is -0.434. The first-order valence-electron chi connectivity index (χ1n) is 7.45. The van der Waals surface area contributed by atoms with Crippen LogP contribution < -0.4 is 5.32 Å². The van der Waals surface area contributed by atoms with Crippen LogP contribution in [-0.4, -0.2) is 21.6 Å². The number of benzene rings is 2. The number of aromatic nitrogens is 2. The van der Waals surface area contributed by atoms with Crippen LogP contribution in [0.2, 0.25) is 0 Å². The van der Waals surface area contributed by atoms with Gasteiger partial charge in [0.15, 0.2) is 0 Å². The summed E-state index contributed by atoms with van der Waals surface area (Å²) in [5.74, 6) is 0.0919. The Hall–Kier alpha value is -2.47. The molecule has 1 aromatic heterocycles. The molecule has 0 aliphatic carbocycles. The predicted molar refractivity (Wildman–Crippen MR) is 94.8 cm³/mol. The van der Waals surface area contributed by atoms with Crippen LogP contribution in [0, 0.1) is 19.7 Å². The highest BCUT2D eigenvalue weighted by molar-refractivity contribution is 8.00. The summed E-state index contributed by atoms with van der Waals surface area (Å²) in [7, 11) is 0. The van der Waals surface area contributed by atoms with Crippen LogP contribution in [-0.2, 0) is 4.79 Å². The number of para-hydroxylation sites is 1. The van der Waals surface area contributed by atoms with Crippen LogP contribution in [0.3, 0.4) is 0 Å². The number of aryl methyl sites for hydroxylation is 2. The fourth-order valence-electron chi connectivity index (χ4n) is 2.31. The largest absolute Gasteiger partial charge is 0.323 e. The molecule has 1 amide bonds. The van der Waals surface area contributed by atoms with E-state index in [1.807, 2.05) is 31.2 Å². The van der Waals surface area contributed by atoms with E-state index in [9.17, 15) is 9.18 Å². The monoisotopic (exact) mass is 341 g/mol. The molecule has 0 atom stereocenters. The van der Waals surface area contributed by atoms with Gasteiger partial charge >= 0.3 is 0 Å². The van der Waals surface area contributed by atoms with E-state index in [0.717, 1.165) is 21.5 Å². The maximum absolute atomic E-state index is 13.8. The van der Waals surface area contributed by atoms with E-state index in [-0.39, 0.29) is 17.3 Å². The summed E-state index contributed by atoms with van der Waals surface area (Å²) in [5.41, 5.74) is 1.84. The first-order chi connectivity index (χ1) is 11.5. The summed E-state index contributed by atoms with van der Waals surface area (Å²) >= 11 is 1.31. The second-order valence-corrected chi connectivity index (χ2v) is 6.38. The molecule has 0 saturated carbocycles. The van der Waals surface area contributed by atoms with Crippen molar-refractivity contribution in [3.05, 3.63) is 59.7 Å². The first-order valence-corrected chi connectivity index (χ1v) is 8.43. The smallest absolute Gasteiger partial charge is 0.234 e. The third kappa shape index (κ3) is 3.71. The Balaban J connectivity index is 1.73. The number of carbonyl (C=O) groups is 1. The number of hydrogen-bond acceptors (Lipinski definition) is 4. The molecule has 1 N–H and O–H groups in total. The zero-order valence-corrected chi connectivity index (χ0v) is 14.2. The Morgan fingerprint density at radius 2 is 1.96 bits per heavy atom. The molecule has 4 nitrogen and oxygen atoms in total. The van der Waals surface area contributed by atoms with Gasteiger partial charge in [-0.05, 0) is 37.6 Å². The highest BCUT2D eigenvalue weighted by Gasteiger charge is 2.11.